The van der Waals surface area contributed by atoms with Gasteiger partial charge in [0.25, 0.3) is 0 Å². The highest BCUT2D eigenvalue weighted by molar-refractivity contribution is 5.89. The molecular weight excluding hydrogens is 416 g/mol. The third kappa shape index (κ3) is 4.92. The third-order valence-corrected chi connectivity index (χ3v) is 6.57. The number of esters is 1. The number of aryl methyl sites for hydroxylation is 1. The van der Waals surface area contributed by atoms with Gasteiger partial charge in [0.15, 0.2) is 0 Å². The summed E-state index contributed by atoms with van der Waals surface area (Å²) in [7, 11) is 1.74. The van der Waals surface area contributed by atoms with Crippen molar-refractivity contribution < 1.29 is 19.0 Å². The predicted molar refractivity (Wildman–Crippen MR) is 130 cm³/mol. The average Bonchev–Trinajstić information content (AvgIpc) is 3.33. The molecule has 6 nitrogen and oxygen atoms in total. The molecule has 0 saturated carbocycles. The van der Waals surface area contributed by atoms with Crippen LogP contribution in [0.15, 0.2) is 42.6 Å². The number of hydrogen-bond donors (Lipinski definition) is 1. The van der Waals surface area contributed by atoms with Crippen molar-refractivity contribution in [3.8, 4) is 5.75 Å². The second-order valence-electron chi connectivity index (χ2n) is 8.57. The van der Waals surface area contributed by atoms with Crippen LogP contribution in [0.1, 0.15) is 59.8 Å². The maximum Gasteiger partial charge on any atom is 0.338 e. The number of carbonyl (C=O) groups is 1. The van der Waals surface area contributed by atoms with Crippen LogP contribution in [0.5, 0.6) is 5.75 Å². The van der Waals surface area contributed by atoms with Gasteiger partial charge in [0.2, 0.25) is 0 Å². The van der Waals surface area contributed by atoms with Crippen molar-refractivity contribution in [2.24, 2.45) is 0 Å². The van der Waals surface area contributed by atoms with E-state index in [1.807, 2.05) is 25.3 Å². The lowest BCUT2D eigenvalue weighted by atomic mass is 9.91. The molecule has 6 heteroatoms. The van der Waals surface area contributed by atoms with Crippen LogP contribution in [0, 0.1) is 6.92 Å². The number of rotatable bonds is 8. The van der Waals surface area contributed by atoms with Gasteiger partial charge in [0.1, 0.15) is 5.75 Å². The monoisotopic (exact) mass is 450 g/mol. The van der Waals surface area contributed by atoms with Gasteiger partial charge in [0, 0.05) is 48.4 Å². The molecule has 0 aliphatic carbocycles. The Labute approximate surface area is 195 Å². The van der Waals surface area contributed by atoms with Gasteiger partial charge >= 0.3 is 5.97 Å². The number of aromatic nitrogens is 1. The molecule has 1 N–H and O–H groups in total. The number of benzene rings is 2. The Kier molecular flexibility index (Phi) is 7.36. The van der Waals surface area contributed by atoms with E-state index in [9.17, 15) is 4.79 Å². The van der Waals surface area contributed by atoms with Crippen molar-refractivity contribution in [3.05, 3.63) is 64.8 Å². The van der Waals surface area contributed by atoms with Crippen molar-refractivity contribution in [1.82, 2.24) is 9.88 Å². The van der Waals surface area contributed by atoms with E-state index in [1.165, 1.54) is 22.1 Å². The zero-order valence-corrected chi connectivity index (χ0v) is 20.0. The number of carbonyl (C=O) groups excluding carboxylic acids is 1. The number of fused-ring (bicyclic) bond motifs is 1. The van der Waals surface area contributed by atoms with Crippen molar-refractivity contribution in [1.29, 1.82) is 0 Å². The lowest BCUT2D eigenvalue weighted by Crippen LogP contribution is -2.39. The second-order valence-corrected chi connectivity index (χ2v) is 8.57. The second kappa shape index (κ2) is 10.4. The van der Waals surface area contributed by atoms with Crippen LogP contribution in [-0.2, 0) is 16.0 Å². The number of nitrogens with one attached hydrogen (secondary N) is 1. The number of aromatic amines is 1. The van der Waals surface area contributed by atoms with Gasteiger partial charge in [0.05, 0.1) is 25.4 Å². The Hall–Kier alpha value is -2.83. The van der Waals surface area contributed by atoms with Gasteiger partial charge in [-0.1, -0.05) is 12.1 Å². The van der Waals surface area contributed by atoms with E-state index in [0.29, 0.717) is 12.2 Å². The van der Waals surface area contributed by atoms with Crippen LogP contribution in [0.3, 0.4) is 0 Å². The molecule has 2 heterocycles. The fraction of sp³-hybridized carbons (Fsp3) is 0.444. The molecule has 0 amide bonds. The Morgan fingerprint density at radius 3 is 2.64 bits per heavy atom. The molecule has 2 unspecified atom stereocenters. The molecule has 1 aliphatic heterocycles. The predicted octanol–water partition coefficient (Wildman–Crippen LogP) is 5.40. The largest absolute Gasteiger partial charge is 0.496 e. The van der Waals surface area contributed by atoms with E-state index in [-0.39, 0.29) is 18.1 Å². The SMILES string of the molecule is CCOC(=O)c1ccc(C2CC(OCC)CCN2Cc2c(OC)cc(C)c3[nH]ccc23)cc1. The van der Waals surface area contributed by atoms with Gasteiger partial charge in [-0.3, -0.25) is 4.90 Å². The molecule has 0 spiro atoms. The first-order valence-corrected chi connectivity index (χ1v) is 11.8. The number of nitrogens with zero attached hydrogens (tertiary/aromatic N) is 1. The smallest absolute Gasteiger partial charge is 0.338 e. The van der Waals surface area contributed by atoms with Crippen LogP contribution in [0.4, 0.5) is 0 Å². The summed E-state index contributed by atoms with van der Waals surface area (Å²) in [5, 5.41) is 1.20. The van der Waals surface area contributed by atoms with E-state index in [2.05, 4.69) is 48.0 Å². The normalized spacial score (nSPS) is 19.0. The summed E-state index contributed by atoms with van der Waals surface area (Å²) >= 11 is 0. The quantitative estimate of drug-likeness (QED) is 0.465. The number of H-pyrrole nitrogens is 1. The number of hydrogen-bond acceptors (Lipinski definition) is 5. The summed E-state index contributed by atoms with van der Waals surface area (Å²) in [4.78, 5) is 18.0. The minimum absolute atomic E-state index is 0.187. The lowest BCUT2D eigenvalue weighted by Gasteiger charge is -2.40. The van der Waals surface area contributed by atoms with E-state index >= 15 is 0 Å². The average molecular weight is 451 g/mol. The molecule has 176 valence electrons. The van der Waals surface area contributed by atoms with Crippen molar-refractivity contribution in [2.75, 3.05) is 26.9 Å². The summed E-state index contributed by atoms with van der Waals surface area (Å²) in [5.74, 6) is 0.638. The number of likely N-dealkylation sites (tertiary alicyclic amines) is 1. The molecule has 3 aromatic rings. The summed E-state index contributed by atoms with van der Waals surface area (Å²) in [6, 6.07) is 12.3. The van der Waals surface area contributed by atoms with Crippen LogP contribution >= 0.6 is 0 Å². The topological polar surface area (TPSA) is 63.8 Å². The molecule has 0 bridgehead atoms. The molecule has 1 aliphatic rings. The fourth-order valence-corrected chi connectivity index (χ4v) is 4.94. The first-order chi connectivity index (χ1) is 16.0. The molecule has 4 rings (SSSR count). The number of piperidine rings is 1. The first-order valence-electron chi connectivity index (χ1n) is 11.8. The van der Waals surface area contributed by atoms with Crippen LogP contribution in [0.25, 0.3) is 10.9 Å². The molecule has 1 fully saturated rings. The van der Waals surface area contributed by atoms with E-state index in [0.717, 1.165) is 43.8 Å². The van der Waals surface area contributed by atoms with Crippen molar-refractivity contribution in [2.45, 2.75) is 52.3 Å². The zero-order chi connectivity index (χ0) is 23.4. The van der Waals surface area contributed by atoms with Crippen LogP contribution in [-0.4, -0.2) is 48.8 Å². The summed E-state index contributed by atoms with van der Waals surface area (Å²) < 4.78 is 17.0. The summed E-state index contributed by atoms with van der Waals surface area (Å²) in [6.45, 7) is 8.77. The highest BCUT2D eigenvalue weighted by Crippen LogP contribution is 2.38. The molecule has 1 aromatic heterocycles. The van der Waals surface area contributed by atoms with Gasteiger partial charge < -0.3 is 19.2 Å². The summed E-state index contributed by atoms with van der Waals surface area (Å²) in [6.07, 6.45) is 4.13. The Balaban J connectivity index is 1.65. The van der Waals surface area contributed by atoms with Gasteiger partial charge in [-0.05, 0) is 69.0 Å². The van der Waals surface area contributed by atoms with Crippen LogP contribution in [0.2, 0.25) is 0 Å². The highest BCUT2D eigenvalue weighted by Gasteiger charge is 2.31. The molecule has 2 aromatic carbocycles. The van der Waals surface area contributed by atoms with E-state index in [4.69, 9.17) is 14.2 Å². The molecule has 33 heavy (non-hydrogen) atoms. The molecule has 0 radical (unpaired) electrons. The Bertz CT molecular complexity index is 1090. The minimum atomic E-state index is -0.281. The zero-order valence-electron chi connectivity index (χ0n) is 20.0. The Morgan fingerprint density at radius 2 is 1.94 bits per heavy atom. The highest BCUT2D eigenvalue weighted by atomic mass is 16.5. The first kappa shape index (κ1) is 23.3. The van der Waals surface area contributed by atoms with Crippen molar-refractivity contribution in [3.63, 3.8) is 0 Å². The minimum Gasteiger partial charge on any atom is -0.496 e. The number of methoxy groups -OCH3 is 1. The van der Waals surface area contributed by atoms with Crippen molar-refractivity contribution >= 4 is 16.9 Å². The van der Waals surface area contributed by atoms with Gasteiger partial charge in [-0.2, -0.15) is 0 Å². The molecular formula is C27H34N2O4. The third-order valence-electron chi connectivity index (χ3n) is 6.57. The van der Waals surface area contributed by atoms with E-state index < -0.39 is 0 Å². The fourth-order valence-electron chi connectivity index (χ4n) is 4.94. The van der Waals surface area contributed by atoms with Gasteiger partial charge in [-0.25, -0.2) is 4.79 Å². The molecule has 2 atom stereocenters. The Morgan fingerprint density at radius 1 is 1.15 bits per heavy atom. The maximum atomic E-state index is 12.1. The van der Waals surface area contributed by atoms with E-state index in [1.54, 1.807) is 7.11 Å². The summed E-state index contributed by atoms with van der Waals surface area (Å²) in [5.41, 5.74) is 5.30. The molecule has 1 saturated heterocycles. The van der Waals surface area contributed by atoms with Crippen LogP contribution < -0.4 is 4.74 Å². The van der Waals surface area contributed by atoms with Gasteiger partial charge in [-0.15, -0.1) is 0 Å². The number of ether oxygens (including phenoxy) is 3. The maximum absolute atomic E-state index is 12.1. The standard InChI is InChI=1S/C27H34N2O4/c1-5-32-21-12-14-29(17-23-22-11-13-28-26(22)18(3)15-25(23)31-4)24(16-21)19-7-9-20(10-8-19)27(30)33-6-2/h7-11,13,15,21,24,28H,5-6,12,14,16-17H2,1-4H3. The lowest BCUT2D eigenvalue weighted by molar-refractivity contribution is -0.0138.